The van der Waals surface area contributed by atoms with Gasteiger partial charge in [-0.1, -0.05) is 6.07 Å². The predicted molar refractivity (Wildman–Crippen MR) is 88.4 cm³/mol. The van der Waals surface area contributed by atoms with Gasteiger partial charge in [-0.15, -0.1) is 22.7 Å². The second-order valence-corrected chi connectivity index (χ2v) is 7.25. The molecule has 0 bridgehead atoms. The van der Waals surface area contributed by atoms with Gasteiger partial charge in [-0.3, -0.25) is 4.79 Å². The standard InChI is InChI=1S/C16H14N2OS2/c17-13-10-8-9-4-1-2-5-11(9)18-16(10)21-15(13)14(19)12-6-3-7-20-12/h3,6-8H,1-2,4-5,17H2. The molecule has 5 heteroatoms. The van der Waals surface area contributed by atoms with Crippen LogP contribution in [0.4, 0.5) is 5.69 Å². The Hall–Kier alpha value is -1.72. The summed E-state index contributed by atoms with van der Waals surface area (Å²) >= 11 is 2.88. The Morgan fingerprint density at radius 2 is 2.14 bits per heavy atom. The van der Waals surface area contributed by atoms with Gasteiger partial charge in [-0.2, -0.15) is 0 Å². The summed E-state index contributed by atoms with van der Waals surface area (Å²) in [5.74, 6) is 0.0171. The largest absolute Gasteiger partial charge is 0.397 e. The van der Waals surface area contributed by atoms with Crippen molar-refractivity contribution < 1.29 is 4.79 Å². The smallest absolute Gasteiger partial charge is 0.215 e. The molecule has 0 aliphatic heterocycles. The van der Waals surface area contributed by atoms with Gasteiger partial charge >= 0.3 is 0 Å². The molecule has 0 unspecified atom stereocenters. The number of aromatic nitrogens is 1. The number of nitrogens with zero attached hydrogens (tertiary/aromatic N) is 1. The molecule has 0 saturated heterocycles. The lowest BCUT2D eigenvalue weighted by Crippen LogP contribution is -2.04. The maximum atomic E-state index is 12.5. The first-order valence-corrected chi connectivity index (χ1v) is 8.72. The lowest BCUT2D eigenvalue weighted by molar-refractivity contribution is 0.104. The Kier molecular flexibility index (Phi) is 3.05. The lowest BCUT2D eigenvalue weighted by Gasteiger charge is -2.14. The number of hydrogen-bond acceptors (Lipinski definition) is 5. The number of fused-ring (bicyclic) bond motifs is 2. The van der Waals surface area contributed by atoms with Crippen molar-refractivity contribution >= 4 is 44.4 Å². The average molecular weight is 314 g/mol. The Morgan fingerprint density at radius 3 is 2.95 bits per heavy atom. The van der Waals surface area contributed by atoms with Crippen molar-refractivity contribution in [3.05, 3.63) is 44.6 Å². The fraction of sp³-hybridized carbons (Fsp3) is 0.250. The van der Waals surface area contributed by atoms with Gasteiger partial charge in [0.05, 0.1) is 10.6 Å². The summed E-state index contributed by atoms with van der Waals surface area (Å²) in [7, 11) is 0. The minimum atomic E-state index is 0.0171. The molecule has 0 atom stereocenters. The van der Waals surface area contributed by atoms with Crippen LogP contribution in [0.3, 0.4) is 0 Å². The monoisotopic (exact) mass is 314 g/mol. The topological polar surface area (TPSA) is 56.0 Å². The molecular weight excluding hydrogens is 300 g/mol. The predicted octanol–water partition coefficient (Wildman–Crippen LogP) is 4.05. The third-order valence-electron chi connectivity index (χ3n) is 3.95. The van der Waals surface area contributed by atoms with E-state index in [1.807, 2.05) is 17.5 Å². The van der Waals surface area contributed by atoms with Crippen LogP contribution in [-0.4, -0.2) is 10.8 Å². The highest BCUT2D eigenvalue weighted by Gasteiger charge is 2.21. The van der Waals surface area contributed by atoms with Crippen LogP contribution in [0.5, 0.6) is 0 Å². The maximum absolute atomic E-state index is 12.5. The Morgan fingerprint density at radius 1 is 1.29 bits per heavy atom. The van der Waals surface area contributed by atoms with Crippen molar-refractivity contribution in [2.24, 2.45) is 0 Å². The normalized spacial score (nSPS) is 14.3. The third kappa shape index (κ3) is 2.08. The molecule has 0 amide bonds. The summed E-state index contributed by atoms with van der Waals surface area (Å²) in [6.07, 6.45) is 4.53. The maximum Gasteiger partial charge on any atom is 0.215 e. The van der Waals surface area contributed by atoms with Crippen LogP contribution in [0.1, 0.15) is 38.6 Å². The molecule has 106 valence electrons. The zero-order valence-electron chi connectivity index (χ0n) is 11.4. The molecule has 3 heterocycles. The van der Waals surface area contributed by atoms with E-state index in [1.165, 1.54) is 46.8 Å². The molecule has 1 aliphatic rings. The molecule has 0 aromatic carbocycles. The minimum absolute atomic E-state index is 0.0171. The van der Waals surface area contributed by atoms with Gasteiger partial charge in [0, 0.05) is 11.1 Å². The zero-order valence-corrected chi connectivity index (χ0v) is 13.0. The molecule has 3 aromatic heterocycles. The van der Waals surface area contributed by atoms with E-state index in [2.05, 4.69) is 6.07 Å². The molecule has 0 radical (unpaired) electrons. The van der Waals surface area contributed by atoms with Crippen LogP contribution in [0.15, 0.2) is 23.6 Å². The Labute approximate surface area is 130 Å². The van der Waals surface area contributed by atoms with Gasteiger partial charge < -0.3 is 5.73 Å². The highest BCUT2D eigenvalue weighted by Crippen LogP contribution is 2.37. The Balaban J connectivity index is 1.88. The molecule has 0 saturated carbocycles. The van der Waals surface area contributed by atoms with E-state index in [0.29, 0.717) is 10.6 Å². The minimum Gasteiger partial charge on any atom is -0.397 e. The van der Waals surface area contributed by atoms with Gasteiger partial charge in [0.1, 0.15) is 9.71 Å². The summed E-state index contributed by atoms with van der Waals surface area (Å²) in [6.45, 7) is 0. The number of anilines is 1. The van der Waals surface area contributed by atoms with Crippen LogP contribution in [-0.2, 0) is 12.8 Å². The molecular formula is C16H14N2OS2. The molecule has 3 aromatic rings. The number of hydrogen-bond donors (Lipinski definition) is 1. The van der Waals surface area contributed by atoms with E-state index in [0.717, 1.165) is 27.9 Å². The first-order valence-electron chi connectivity index (χ1n) is 7.03. The number of nitrogen functional groups attached to an aromatic ring is 1. The van der Waals surface area contributed by atoms with E-state index < -0.39 is 0 Å². The summed E-state index contributed by atoms with van der Waals surface area (Å²) in [5.41, 5.74) is 9.31. The number of thiophene rings is 2. The molecule has 4 rings (SSSR count). The van der Waals surface area contributed by atoms with Gasteiger partial charge in [-0.05, 0) is 48.8 Å². The Bertz CT molecular complexity index is 834. The number of ketones is 1. The van der Waals surface area contributed by atoms with E-state index >= 15 is 0 Å². The summed E-state index contributed by atoms with van der Waals surface area (Å²) in [6, 6.07) is 5.88. The summed E-state index contributed by atoms with van der Waals surface area (Å²) in [5, 5.41) is 2.86. The molecule has 0 spiro atoms. The van der Waals surface area contributed by atoms with Crippen LogP contribution in [0, 0.1) is 0 Å². The SMILES string of the molecule is Nc1c(C(=O)c2cccs2)sc2nc3c(cc12)CCCC3. The second-order valence-electron chi connectivity index (χ2n) is 5.31. The number of aryl methyl sites for hydroxylation is 2. The average Bonchev–Trinajstić information content (AvgIpc) is 3.14. The van der Waals surface area contributed by atoms with E-state index in [-0.39, 0.29) is 5.78 Å². The van der Waals surface area contributed by atoms with E-state index in [4.69, 9.17) is 10.7 Å². The van der Waals surface area contributed by atoms with Crippen molar-refractivity contribution in [2.75, 3.05) is 5.73 Å². The fourth-order valence-corrected chi connectivity index (χ4v) is 4.63. The van der Waals surface area contributed by atoms with Gasteiger partial charge in [0.25, 0.3) is 0 Å². The first-order chi connectivity index (χ1) is 10.2. The lowest BCUT2D eigenvalue weighted by atomic mass is 9.95. The van der Waals surface area contributed by atoms with Crippen LogP contribution in [0.2, 0.25) is 0 Å². The number of carbonyl (C=O) groups is 1. The molecule has 21 heavy (non-hydrogen) atoms. The molecule has 2 N–H and O–H groups in total. The second kappa shape index (κ2) is 4.93. The van der Waals surface area contributed by atoms with E-state index in [9.17, 15) is 4.79 Å². The number of nitrogens with two attached hydrogens (primary N) is 1. The van der Waals surface area contributed by atoms with Gasteiger partial charge in [0.2, 0.25) is 5.78 Å². The molecule has 1 aliphatic carbocycles. The van der Waals surface area contributed by atoms with Crippen molar-refractivity contribution in [2.45, 2.75) is 25.7 Å². The highest BCUT2D eigenvalue weighted by atomic mass is 32.1. The summed E-state index contributed by atoms with van der Waals surface area (Å²) in [4.78, 5) is 19.5. The van der Waals surface area contributed by atoms with Crippen molar-refractivity contribution in [3.8, 4) is 0 Å². The summed E-state index contributed by atoms with van der Waals surface area (Å²) < 4.78 is 0. The van der Waals surface area contributed by atoms with Crippen LogP contribution in [0.25, 0.3) is 10.2 Å². The van der Waals surface area contributed by atoms with E-state index in [1.54, 1.807) is 0 Å². The van der Waals surface area contributed by atoms with Gasteiger partial charge in [-0.25, -0.2) is 4.98 Å². The molecule has 0 fully saturated rings. The molecule has 3 nitrogen and oxygen atoms in total. The first kappa shape index (κ1) is 13.0. The number of carbonyl (C=O) groups excluding carboxylic acids is 1. The fourth-order valence-electron chi connectivity index (χ4n) is 2.85. The van der Waals surface area contributed by atoms with Crippen molar-refractivity contribution in [3.63, 3.8) is 0 Å². The van der Waals surface area contributed by atoms with Crippen LogP contribution < -0.4 is 5.73 Å². The quantitative estimate of drug-likeness (QED) is 0.726. The highest BCUT2D eigenvalue weighted by molar-refractivity contribution is 7.22. The van der Waals surface area contributed by atoms with Crippen molar-refractivity contribution in [1.82, 2.24) is 4.98 Å². The number of pyridine rings is 1. The van der Waals surface area contributed by atoms with Crippen molar-refractivity contribution in [1.29, 1.82) is 0 Å². The zero-order chi connectivity index (χ0) is 14.4. The van der Waals surface area contributed by atoms with Crippen LogP contribution >= 0.6 is 22.7 Å². The third-order valence-corrected chi connectivity index (χ3v) is 5.93. The van der Waals surface area contributed by atoms with Gasteiger partial charge in [0.15, 0.2) is 0 Å². The number of rotatable bonds is 2.